The van der Waals surface area contributed by atoms with E-state index in [1.807, 2.05) is 12.1 Å². The standard InChI is InChI=1S/C26H38N6O2/c1-19(2)32-13-8-20(9-14-32)28-26-21-16-23(33-3)24(17-22(21)29-25(18-27)30-26)34-15-7-12-31-10-5-4-6-11-31/h16-17,19-20H,4-15H2,1-3H3,(H,28,29,30). The number of anilines is 1. The second-order valence-corrected chi connectivity index (χ2v) is 9.68. The molecule has 0 spiro atoms. The number of ether oxygens (including phenoxy) is 2. The van der Waals surface area contributed by atoms with Gasteiger partial charge in [0.25, 0.3) is 0 Å². The lowest BCUT2D eigenvalue weighted by Gasteiger charge is -2.35. The average Bonchev–Trinajstić information content (AvgIpc) is 2.87. The lowest BCUT2D eigenvalue weighted by atomic mass is 10.0. The van der Waals surface area contributed by atoms with Crippen LogP contribution in [0, 0.1) is 11.3 Å². The summed E-state index contributed by atoms with van der Waals surface area (Å²) in [6.45, 7) is 10.7. The van der Waals surface area contributed by atoms with Gasteiger partial charge in [0.2, 0.25) is 5.82 Å². The molecule has 2 aliphatic heterocycles. The summed E-state index contributed by atoms with van der Waals surface area (Å²) in [6, 6.07) is 6.80. The molecule has 1 aromatic heterocycles. The van der Waals surface area contributed by atoms with Crippen LogP contribution in [0.2, 0.25) is 0 Å². The molecule has 8 nitrogen and oxygen atoms in total. The molecule has 3 heterocycles. The minimum absolute atomic E-state index is 0.163. The molecule has 0 bridgehead atoms. The molecule has 0 radical (unpaired) electrons. The van der Waals surface area contributed by atoms with E-state index >= 15 is 0 Å². The Bertz CT molecular complexity index is 991. The van der Waals surface area contributed by atoms with Crippen molar-refractivity contribution < 1.29 is 9.47 Å². The Morgan fingerprint density at radius 2 is 1.85 bits per heavy atom. The zero-order chi connectivity index (χ0) is 23.9. The van der Waals surface area contributed by atoms with Crippen molar-refractivity contribution in [3.63, 3.8) is 0 Å². The van der Waals surface area contributed by atoms with E-state index in [0.29, 0.717) is 41.5 Å². The largest absolute Gasteiger partial charge is 0.493 e. The molecule has 1 N–H and O–H groups in total. The molecule has 2 saturated heterocycles. The highest BCUT2D eigenvalue weighted by molar-refractivity contribution is 5.92. The van der Waals surface area contributed by atoms with Crippen LogP contribution in [0.5, 0.6) is 11.5 Å². The first-order valence-corrected chi connectivity index (χ1v) is 12.7. The van der Waals surface area contributed by atoms with E-state index in [0.717, 1.165) is 44.3 Å². The van der Waals surface area contributed by atoms with Crippen LogP contribution in [0.4, 0.5) is 5.82 Å². The van der Waals surface area contributed by atoms with E-state index < -0.39 is 0 Å². The Labute approximate surface area is 203 Å². The number of rotatable bonds is 9. The number of hydrogen-bond donors (Lipinski definition) is 1. The van der Waals surface area contributed by atoms with E-state index in [-0.39, 0.29) is 5.82 Å². The van der Waals surface area contributed by atoms with Gasteiger partial charge in [-0.25, -0.2) is 9.97 Å². The van der Waals surface area contributed by atoms with Crippen LogP contribution in [-0.4, -0.2) is 78.3 Å². The van der Waals surface area contributed by atoms with Crippen LogP contribution >= 0.6 is 0 Å². The number of nitrogens with one attached hydrogen (secondary N) is 1. The molecular formula is C26H38N6O2. The fourth-order valence-electron chi connectivity index (χ4n) is 4.98. The molecule has 2 aromatic rings. The molecule has 0 saturated carbocycles. The molecule has 34 heavy (non-hydrogen) atoms. The van der Waals surface area contributed by atoms with Gasteiger partial charge < -0.3 is 24.6 Å². The van der Waals surface area contributed by atoms with Gasteiger partial charge >= 0.3 is 0 Å². The van der Waals surface area contributed by atoms with Crippen molar-refractivity contribution in [3.05, 3.63) is 18.0 Å². The highest BCUT2D eigenvalue weighted by atomic mass is 16.5. The second kappa shape index (κ2) is 11.7. The topological polar surface area (TPSA) is 86.5 Å². The maximum absolute atomic E-state index is 9.52. The highest BCUT2D eigenvalue weighted by Gasteiger charge is 2.22. The number of likely N-dealkylation sites (tertiary alicyclic amines) is 2. The Hall–Kier alpha value is -2.63. The van der Waals surface area contributed by atoms with Crippen molar-refractivity contribution >= 4 is 16.7 Å². The molecule has 0 atom stereocenters. The van der Waals surface area contributed by atoms with Crippen LogP contribution in [-0.2, 0) is 0 Å². The number of benzene rings is 1. The zero-order valence-electron chi connectivity index (χ0n) is 20.8. The summed E-state index contributed by atoms with van der Waals surface area (Å²) >= 11 is 0. The van der Waals surface area contributed by atoms with Crippen molar-refractivity contribution in [3.8, 4) is 17.6 Å². The summed E-state index contributed by atoms with van der Waals surface area (Å²) in [4.78, 5) is 14.0. The first kappa shape index (κ1) is 24.5. The molecule has 1 aromatic carbocycles. The smallest absolute Gasteiger partial charge is 0.234 e. The Morgan fingerprint density at radius 1 is 1.09 bits per heavy atom. The average molecular weight is 467 g/mol. The van der Waals surface area contributed by atoms with Crippen LogP contribution in [0.3, 0.4) is 0 Å². The third-order valence-corrected chi connectivity index (χ3v) is 7.01. The molecule has 0 unspecified atom stereocenters. The van der Waals surface area contributed by atoms with Gasteiger partial charge in [-0.05, 0) is 65.1 Å². The first-order valence-electron chi connectivity index (χ1n) is 12.7. The molecule has 0 aliphatic carbocycles. The van der Waals surface area contributed by atoms with Gasteiger partial charge in [0.05, 0.1) is 19.2 Å². The quantitative estimate of drug-likeness (QED) is 0.554. The van der Waals surface area contributed by atoms with Crippen molar-refractivity contribution in [1.29, 1.82) is 5.26 Å². The summed E-state index contributed by atoms with van der Waals surface area (Å²) in [6.07, 6.45) is 7.00. The van der Waals surface area contributed by atoms with Crippen molar-refractivity contribution in [2.45, 2.75) is 64.5 Å². The van der Waals surface area contributed by atoms with Crippen LogP contribution in [0.25, 0.3) is 10.9 Å². The number of nitriles is 1. The Balaban J connectivity index is 1.47. The molecule has 2 fully saturated rings. The van der Waals surface area contributed by atoms with E-state index in [1.165, 1.54) is 32.4 Å². The first-order chi connectivity index (χ1) is 16.6. The second-order valence-electron chi connectivity index (χ2n) is 9.68. The molecule has 0 amide bonds. The van der Waals surface area contributed by atoms with Gasteiger partial charge in [0.1, 0.15) is 11.9 Å². The van der Waals surface area contributed by atoms with Crippen molar-refractivity contribution in [1.82, 2.24) is 19.8 Å². The van der Waals surface area contributed by atoms with Gasteiger partial charge in [0.15, 0.2) is 11.5 Å². The Morgan fingerprint density at radius 3 is 2.53 bits per heavy atom. The van der Waals surface area contributed by atoms with Gasteiger partial charge in [0, 0.05) is 43.2 Å². The van der Waals surface area contributed by atoms with Gasteiger partial charge in [-0.3, -0.25) is 0 Å². The van der Waals surface area contributed by atoms with Crippen LogP contribution in [0.15, 0.2) is 12.1 Å². The normalized spacial score (nSPS) is 18.2. The number of aromatic nitrogens is 2. The Kier molecular flexibility index (Phi) is 8.41. The molecular weight excluding hydrogens is 428 g/mol. The summed E-state index contributed by atoms with van der Waals surface area (Å²) < 4.78 is 11.8. The lowest BCUT2D eigenvalue weighted by Crippen LogP contribution is -2.42. The van der Waals surface area contributed by atoms with E-state index in [9.17, 15) is 5.26 Å². The number of nitrogens with zero attached hydrogens (tertiary/aromatic N) is 5. The van der Waals surface area contributed by atoms with E-state index in [2.05, 4.69) is 45.0 Å². The summed E-state index contributed by atoms with van der Waals surface area (Å²) in [5.74, 6) is 2.18. The van der Waals surface area contributed by atoms with Crippen molar-refractivity contribution in [2.75, 3.05) is 51.8 Å². The minimum atomic E-state index is 0.163. The molecule has 8 heteroatoms. The number of piperidine rings is 2. The van der Waals surface area contributed by atoms with Gasteiger partial charge in [-0.2, -0.15) is 5.26 Å². The third kappa shape index (κ3) is 6.08. The van der Waals surface area contributed by atoms with E-state index in [4.69, 9.17) is 9.47 Å². The highest BCUT2D eigenvalue weighted by Crippen LogP contribution is 2.35. The maximum atomic E-state index is 9.52. The zero-order valence-corrected chi connectivity index (χ0v) is 20.8. The summed E-state index contributed by atoms with van der Waals surface area (Å²) in [5, 5.41) is 14.0. The van der Waals surface area contributed by atoms with Gasteiger partial charge in [-0.1, -0.05) is 6.42 Å². The minimum Gasteiger partial charge on any atom is -0.493 e. The predicted molar refractivity (Wildman–Crippen MR) is 135 cm³/mol. The molecule has 184 valence electrons. The summed E-state index contributed by atoms with van der Waals surface area (Å²) in [7, 11) is 1.65. The number of fused-ring (bicyclic) bond motifs is 1. The van der Waals surface area contributed by atoms with Crippen LogP contribution < -0.4 is 14.8 Å². The SMILES string of the molecule is COc1cc2c(NC3CCN(C(C)C)CC3)nc(C#N)nc2cc1OCCCN1CCCCC1. The van der Waals surface area contributed by atoms with E-state index in [1.54, 1.807) is 7.11 Å². The van der Waals surface area contributed by atoms with Crippen LogP contribution in [0.1, 0.15) is 58.2 Å². The van der Waals surface area contributed by atoms with Gasteiger partial charge in [-0.15, -0.1) is 0 Å². The monoisotopic (exact) mass is 466 g/mol. The lowest BCUT2D eigenvalue weighted by molar-refractivity contribution is 0.177. The number of methoxy groups -OCH3 is 1. The summed E-state index contributed by atoms with van der Waals surface area (Å²) in [5.41, 5.74) is 0.695. The molecule has 2 aliphatic rings. The molecule has 4 rings (SSSR count). The third-order valence-electron chi connectivity index (χ3n) is 7.01. The number of hydrogen-bond acceptors (Lipinski definition) is 8. The fourth-order valence-corrected chi connectivity index (χ4v) is 4.98. The fraction of sp³-hybridized carbons (Fsp3) is 0.654. The predicted octanol–water partition coefficient (Wildman–Crippen LogP) is 4.05. The van der Waals surface area contributed by atoms with Crippen molar-refractivity contribution in [2.24, 2.45) is 0 Å². The maximum Gasteiger partial charge on any atom is 0.234 e.